The topological polar surface area (TPSA) is 12.9 Å². The quantitative estimate of drug-likeness (QED) is 0.659. The maximum atomic E-state index is 13.3. The first-order chi connectivity index (χ1) is 6.20. The van der Waals surface area contributed by atoms with E-state index >= 15 is 0 Å². The monoisotopic (exact) mass is 351 g/mol. The molecule has 1 aromatic carbocycles. The molecule has 0 bridgehead atoms. The van der Waals surface area contributed by atoms with Crippen molar-refractivity contribution in [1.82, 2.24) is 4.98 Å². The number of hydrogen-bond acceptors (Lipinski definition) is 1. The molecule has 66 valence electrons. The second kappa shape index (κ2) is 3.49. The summed E-state index contributed by atoms with van der Waals surface area (Å²) in [7, 11) is 0. The van der Waals surface area contributed by atoms with Crippen molar-refractivity contribution in [3.8, 4) is 0 Å². The molecule has 1 aromatic heterocycles. The SMILES string of the molecule is Fc1ccc(Br)c2c(I)cncc12. The van der Waals surface area contributed by atoms with Crippen LogP contribution in [0.1, 0.15) is 0 Å². The molecule has 0 radical (unpaired) electrons. The van der Waals surface area contributed by atoms with Gasteiger partial charge in [-0.1, -0.05) is 15.9 Å². The lowest BCUT2D eigenvalue weighted by Gasteiger charge is -2.02. The average molecular weight is 352 g/mol. The Morgan fingerprint density at radius 3 is 2.77 bits per heavy atom. The molecule has 0 aliphatic heterocycles. The van der Waals surface area contributed by atoms with Crippen molar-refractivity contribution in [3.05, 3.63) is 38.4 Å². The maximum absolute atomic E-state index is 13.3. The summed E-state index contributed by atoms with van der Waals surface area (Å²) in [5.74, 6) is -0.232. The van der Waals surface area contributed by atoms with E-state index in [-0.39, 0.29) is 5.82 Å². The third-order valence-corrected chi connectivity index (χ3v) is 3.25. The summed E-state index contributed by atoms with van der Waals surface area (Å²) in [6.45, 7) is 0. The molecule has 0 saturated carbocycles. The van der Waals surface area contributed by atoms with E-state index in [0.717, 1.165) is 13.4 Å². The molecule has 0 saturated heterocycles. The fourth-order valence-corrected chi connectivity index (χ4v) is 2.85. The third kappa shape index (κ3) is 1.57. The Labute approximate surface area is 96.6 Å². The second-order valence-corrected chi connectivity index (χ2v) is 4.59. The van der Waals surface area contributed by atoms with Gasteiger partial charge in [-0.15, -0.1) is 0 Å². The van der Waals surface area contributed by atoms with Gasteiger partial charge in [0.15, 0.2) is 0 Å². The highest BCUT2D eigenvalue weighted by Gasteiger charge is 2.06. The fraction of sp³-hybridized carbons (Fsp3) is 0. The maximum Gasteiger partial charge on any atom is 0.132 e. The smallest absolute Gasteiger partial charge is 0.132 e. The molecule has 1 nitrogen and oxygen atoms in total. The fourth-order valence-electron chi connectivity index (χ4n) is 1.18. The van der Waals surface area contributed by atoms with E-state index in [2.05, 4.69) is 43.5 Å². The van der Waals surface area contributed by atoms with Crippen molar-refractivity contribution in [2.45, 2.75) is 0 Å². The molecule has 13 heavy (non-hydrogen) atoms. The zero-order valence-electron chi connectivity index (χ0n) is 6.39. The minimum atomic E-state index is -0.232. The van der Waals surface area contributed by atoms with Crippen molar-refractivity contribution in [1.29, 1.82) is 0 Å². The molecular formula is C9H4BrFIN. The summed E-state index contributed by atoms with van der Waals surface area (Å²) in [6, 6.07) is 3.14. The summed E-state index contributed by atoms with van der Waals surface area (Å²) in [5.41, 5.74) is 0. The molecule has 1 heterocycles. The van der Waals surface area contributed by atoms with E-state index in [1.807, 2.05) is 0 Å². The van der Waals surface area contributed by atoms with Crippen LogP contribution < -0.4 is 0 Å². The van der Waals surface area contributed by atoms with Gasteiger partial charge in [0.2, 0.25) is 0 Å². The molecule has 0 unspecified atom stereocenters. The van der Waals surface area contributed by atoms with Crippen LogP contribution >= 0.6 is 38.5 Å². The van der Waals surface area contributed by atoms with Gasteiger partial charge in [0.25, 0.3) is 0 Å². The van der Waals surface area contributed by atoms with Crippen molar-refractivity contribution < 1.29 is 4.39 Å². The van der Waals surface area contributed by atoms with Gasteiger partial charge in [-0.3, -0.25) is 4.98 Å². The van der Waals surface area contributed by atoms with E-state index in [9.17, 15) is 4.39 Å². The minimum Gasteiger partial charge on any atom is -0.263 e. The zero-order chi connectivity index (χ0) is 9.42. The Bertz CT molecular complexity index is 464. The van der Waals surface area contributed by atoms with Gasteiger partial charge in [-0.05, 0) is 34.7 Å². The molecule has 0 aliphatic carbocycles. The molecule has 0 amide bonds. The van der Waals surface area contributed by atoms with Crippen LogP contribution in [0, 0.1) is 9.39 Å². The van der Waals surface area contributed by atoms with Crippen molar-refractivity contribution in [2.24, 2.45) is 0 Å². The van der Waals surface area contributed by atoms with Crippen LogP contribution in [0.2, 0.25) is 0 Å². The number of hydrogen-bond donors (Lipinski definition) is 0. The van der Waals surface area contributed by atoms with Crippen molar-refractivity contribution in [2.75, 3.05) is 0 Å². The van der Waals surface area contributed by atoms with Crippen molar-refractivity contribution in [3.63, 3.8) is 0 Å². The number of nitrogens with zero attached hydrogens (tertiary/aromatic N) is 1. The Morgan fingerprint density at radius 2 is 2.08 bits per heavy atom. The summed E-state index contributed by atoms with van der Waals surface area (Å²) in [4.78, 5) is 3.95. The first-order valence-corrected chi connectivity index (χ1v) is 5.44. The highest BCUT2D eigenvalue weighted by Crippen LogP contribution is 2.29. The predicted octanol–water partition coefficient (Wildman–Crippen LogP) is 3.74. The third-order valence-electron chi connectivity index (χ3n) is 1.77. The van der Waals surface area contributed by atoms with Crippen LogP contribution in [-0.4, -0.2) is 4.98 Å². The molecule has 4 heteroatoms. The van der Waals surface area contributed by atoms with E-state index in [0.29, 0.717) is 5.39 Å². The van der Waals surface area contributed by atoms with Crippen LogP contribution in [0.4, 0.5) is 4.39 Å². The normalized spacial score (nSPS) is 10.7. The number of halogens is 3. The van der Waals surface area contributed by atoms with Gasteiger partial charge in [0, 0.05) is 31.2 Å². The average Bonchev–Trinajstić information content (AvgIpc) is 2.12. The van der Waals surface area contributed by atoms with Gasteiger partial charge < -0.3 is 0 Å². The standard InChI is InChI=1S/C9H4BrFIN/c10-6-1-2-7(11)5-3-13-4-8(12)9(5)6/h1-4H. The van der Waals surface area contributed by atoms with Crippen molar-refractivity contribution >= 4 is 49.3 Å². The predicted molar refractivity (Wildman–Crippen MR) is 62.1 cm³/mol. The van der Waals surface area contributed by atoms with Crippen LogP contribution in [0.5, 0.6) is 0 Å². The lowest BCUT2D eigenvalue weighted by Crippen LogP contribution is -1.86. The molecule has 2 rings (SSSR count). The number of aromatic nitrogens is 1. The largest absolute Gasteiger partial charge is 0.263 e. The Kier molecular flexibility index (Phi) is 2.51. The second-order valence-electron chi connectivity index (χ2n) is 2.57. The Balaban J connectivity index is 3.00. The van der Waals surface area contributed by atoms with Gasteiger partial charge >= 0.3 is 0 Å². The number of benzene rings is 1. The van der Waals surface area contributed by atoms with Gasteiger partial charge in [0.1, 0.15) is 5.82 Å². The number of rotatable bonds is 0. The molecule has 0 aliphatic rings. The molecule has 2 aromatic rings. The summed E-state index contributed by atoms with van der Waals surface area (Å²) < 4.78 is 15.1. The molecule has 0 fully saturated rings. The van der Waals surface area contributed by atoms with Crippen LogP contribution in [0.25, 0.3) is 10.8 Å². The lowest BCUT2D eigenvalue weighted by atomic mass is 10.2. The van der Waals surface area contributed by atoms with Gasteiger partial charge in [-0.2, -0.15) is 0 Å². The van der Waals surface area contributed by atoms with E-state index in [4.69, 9.17) is 0 Å². The van der Waals surface area contributed by atoms with Gasteiger partial charge in [0.05, 0.1) is 0 Å². The molecular weight excluding hydrogens is 348 g/mol. The van der Waals surface area contributed by atoms with Crippen LogP contribution in [0.3, 0.4) is 0 Å². The summed E-state index contributed by atoms with van der Waals surface area (Å²) in [6.07, 6.45) is 3.25. The lowest BCUT2D eigenvalue weighted by molar-refractivity contribution is 0.639. The van der Waals surface area contributed by atoms with E-state index < -0.39 is 0 Å². The summed E-state index contributed by atoms with van der Waals surface area (Å²) >= 11 is 5.52. The van der Waals surface area contributed by atoms with Crippen LogP contribution in [0.15, 0.2) is 29.0 Å². The van der Waals surface area contributed by atoms with Gasteiger partial charge in [-0.25, -0.2) is 4.39 Å². The van der Waals surface area contributed by atoms with Crippen LogP contribution in [-0.2, 0) is 0 Å². The summed E-state index contributed by atoms with van der Waals surface area (Å²) in [5, 5.41) is 1.44. The highest BCUT2D eigenvalue weighted by atomic mass is 127. The Morgan fingerprint density at radius 1 is 1.31 bits per heavy atom. The highest BCUT2D eigenvalue weighted by molar-refractivity contribution is 14.1. The zero-order valence-corrected chi connectivity index (χ0v) is 10.1. The number of pyridine rings is 1. The minimum absolute atomic E-state index is 0.232. The number of fused-ring (bicyclic) bond motifs is 1. The Hall–Kier alpha value is -0.230. The molecule has 0 spiro atoms. The first-order valence-electron chi connectivity index (χ1n) is 3.57. The molecule has 0 atom stereocenters. The first kappa shape index (κ1) is 9.33. The van der Waals surface area contributed by atoms with E-state index in [1.54, 1.807) is 12.3 Å². The van der Waals surface area contributed by atoms with E-state index in [1.165, 1.54) is 12.3 Å². The molecule has 0 N–H and O–H groups in total.